The maximum atomic E-state index is 5.14. The average molecular weight is 315 g/mol. The van der Waals surface area contributed by atoms with Crippen LogP contribution < -0.4 is 10.6 Å². The molecule has 2 N–H and O–H groups in total. The molecular weight excluding hydrogens is 290 g/mol. The van der Waals surface area contributed by atoms with Crippen LogP contribution in [0, 0.1) is 0 Å². The van der Waals surface area contributed by atoms with Crippen LogP contribution in [0.2, 0.25) is 0 Å². The number of nitrogens with zero attached hydrogens (tertiary/aromatic N) is 3. The van der Waals surface area contributed by atoms with E-state index in [0.717, 1.165) is 23.8 Å². The van der Waals surface area contributed by atoms with Gasteiger partial charge in [-0.25, -0.2) is 9.67 Å². The second-order valence-electron chi connectivity index (χ2n) is 5.31. The number of aliphatic imine (C=N–C) groups is 1. The fraction of sp³-hybridized carbons (Fsp3) is 0.412. The fourth-order valence-electron chi connectivity index (χ4n) is 2.19. The van der Waals surface area contributed by atoms with Crippen molar-refractivity contribution in [2.45, 2.75) is 26.4 Å². The number of benzene rings is 1. The van der Waals surface area contributed by atoms with Gasteiger partial charge in [-0.2, -0.15) is 5.10 Å². The molecule has 23 heavy (non-hydrogen) atoms. The Bertz CT molecular complexity index is 592. The van der Waals surface area contributed by atoms with E-state index < -0.39 is 0 Å². The van der Waals surface area contributed by atoms with E-state index in [9.17, 15) is 0 Å². The topological polar surface area (TPSA) is 63.5 Å². The third kappa shape index (κ3) is 5.41. The highest BCUT2D eigenvalue weighted by Crippen LogP contribution is 2.09. The molecule has 2 rings (SSSR count). The molecule has 0 aliphatic heterocycles. The summed E-state index contributed by atoms with van der Waals surface area (Å²) >= 11 is 0. The van der Waals surface area contributed by atoms with Crippen LogP contribution in [-0.2, 0) is 11.3 Å². The lowest BCUT2D eigenvalue weighted by atomic mass is 10.2. The van der Waals surface area contributed by atoms with Gasteiger partial charge in [0.15, 0.2) is 5.96 Å². The van der Waals surface area contributed by atoms with E-state index in [2.05, 4.69) is 46.7 Å². The summed E-state index contributed by atoms with van der Waals surface area (Å²) in [6.45, 7) is 6.20. The first kappa shape index (κ1) is 17.0. The maximum Gasteiger partial charge on any atom is 0.191 e. The molecular formula is C17H25N5O. The summed E-state index contributed by atoms with van der Waals surface area (Å²) in [7, 11) is 1.70. The largest absolute Gasteiger partial charge is 0.383 e. The van der Waals surface area contributed by atoms with E-state index in [1.807, 2.05) is 29.1 Å². The fourth-order valence-corrected chi connectivity index (χ4v) is 2.19. The van der Waals surface area contributed by atoms with Gasteiger partial charge in [-0.05, 0) is 37.6 Å². The maximum absolute atomic E-state index is 5.14. The number of nitrogens with one attached hydrogen (secondary N) is 2. The Morgan fingerprint density at radius 1 is 1.35 bits per heavy atom. The van der Waals surface area contributed by atoms with Gasteiger partial charge in [0.2, 0.25) is 0 Å². The van der Waals surface area contributed by atoms with Gasteiger partial charge in [0.1, 0.15) is 0 Å². The van der Waals surface area contributed by atoms with Gasteiger partial charge in [0.25, 0.3) is 0 Å². The van der Waals surface area contributed by atoms with Crippen molar-refractivity contribution in [3.8, 4) is 5.69 Å². The number of ether oxygens (including phenoxy) is 1. The lowest BCUT2D eigenvalue weighted by molar-refractivity contribution is 0.179. The van der Waals surface area contributed by atoms with E-state index in [4.69, 9.17) is 4.74 Å². The van der Waals surface area contributed by atoms with Gasteiger partial charge in [-0.15, -0.1) is 0 Å². The van der Waals surface area contributed by atoms with Gasteiger partial charge in [0, 0.05) is 32.1 Å². The molecule has 0 aliphatic rings. The summed E-state index contributed by atoms with van der Waals surface area (Å²) < 4.78 is 6.98. The molecule has 1 aromatic heterocycles. The Morgan fingerprint density at radius 2 is 2.13 bits per heavy atom. The molecule has 1 unspecified atom stereocenters. The SMILES string of the molecule is CCNC(=NCc1ccc(-n2cccn2)cc1)NC(C)COC. The Kier molecular flexibility index (Phi) is 6.62. The first-order valence-electron chi connectivity index (χ1n) is 7.85. The van der Waals surface area contributed by atoms with Crippen LogP contribution in [-0.4, -0.2) is 42.0 Å². The highest BCUT2D eigenvalue weighted by molar-refractivity contribution is 5.80. The first-order chi connectivity index (χ1) is 11.2. The van der Waals surface area contributed by atoms with Crippen molar-refractivity contribution >= 4 is 5.96 Å². The molecule has 0 fully saturated rings. The van der Waals surface area contributed by atoms with Gasteiger partial charge >= 0.3 is 0 Å². The van der Waals surface area contributed by atoms with Gasteiger partial charge in [-0.3, -0.25) is 0 Å². The predicted molar refractivity (Wildman–Crippen MR) is 92.9 cm³/mol. The molecule has 0 aliphatic carbocycles. The summed E-state index contributed by atoms with van der Waals surface area (Å²) in [5.74, 6) is 0.799. The molecule has 0 spiro atoms. The van der Waals surface area contributed by atoms with Crippen molar-refractivity contribution in [3.05, 3.63) is 48.3 Å². The number of aromatic nitrogens is 2. The lowest BCUT2D eigenvalue weighted by Gasteiger charge is -2.17. The minimum atomic E-state index is 0.208. The summed E-state index contributed by atoms with van der Waals surface area (Å²) in [6, 6.07) is 10.4. The third-order valence-corrected chi connectivity index (χ3v) is 3.27. The first-order valence-corrected chi connectivity index (χ1v) is 7.85. The molecule has 1 aromatic carbocycles. The minimum absolute atomic E-state index is 0.208. The Morgan fingerprint density at radius 3 is 2.74 bits per heavy atom. The standard InChI is InChI=1S/C17H25N5O/c1-4-18-17(21-14(2)13-23-3)19-12-15-6-8-16(9-7-15)22-11-5-10-20-22/h5-11,14H,4,12-13H2,1-3H3,(H2,18,19,21). The van der Waals surface area contributed by atoms with E-state index in [0.29, 0.717) is 13.2 Å². The van der Waals surface area contributed by atoms with Crippen LogP contribution in [0.15, 0.2) is 47.7 Å². The second-order valence-corrected chi connectivity index (χ2v) is 5.31. The molecule has 124 valence electrons. The summed E-state index contributed by atoms with van der Waals surface area (Å²) in [6.07, 6.45) is 3.70. The number of rotatable bonds is 7. The molecule has 0 bridgehead atoms. The molecule has 1 heterocycles. The molecule has 0 saturated carbocycles. The van der Waals surface area contributed by atoms with Crippen LogP contribution in [0.1, 0.15) is 19.4 Å². The Balaban J connectivity index is 1.98. The number of guanidine groups is 1. The number of methoxy groups -OCH3 is 1. The van der Waals surface area contributed by atoms with Crippen LogP contribution in [0.4, 0.5) is 0 Å². The van der Waals surface area contributed by atoms with Crippen molar-refractivity contribution in [1.29, 1.82) is 0 Å². The van der Waals surface area contributed by atoms with Gasteiger partial charge in [0.05, 0.1) is 18.8 Å². The summed E-state index contributed by atoms with van der Waals surface area (Å²) in [4.78, 5) is 4.61. The van der Waals surface area contributed by atoms with Gasteiger partial charge < -0.3 is 15.4 Å². The number of hydrogen-bond acceptors (Lipinski definition) is 3. The van der Waals surface area contributed by atoms with Crippen LogP contribution in [0.3, 0.4) is 0 Å². The highest BCUT2D eigenvalue weighted by atomic mass is 16.5. The molecule has 2 aromatic rings. The van der Waals surface area contributed by atoms with E-state index >= 15 is 0 Å². The normalized spacial score (nSPS) is 12.9. The molecule has 6 nitrogen and oxygen atoms in total. The van der Waals surface area contributed by atoms with Crippen molar-refractivity contribution in [1.82, 2.24) is 20.4 Å². The zero-order chi connectivity index (χ0) is 16.5. The van der Waals surface area contributed by atoms with Crippen LogP contribution in [0.25, 0.3) is 5.69 Å². The molecule has 0 radical (unpaired) electrons. The zero-order valence-corrected chi connectivity index (χ0v) is 14.0. The minimum Gasteiger partial charge on any atom is -0.383 e. The zero-order valence-electron chi connectivity index (χ0n) is 14.0. The van der Waals surface area contributed by atoms with Crippen molar-refractivity contribution < 1.29 is 4.74 Å². The van der Waals surface area contributed by atoms with E-state index in [1.54, 1.807) is 13.3 Å². The van der Waals surface area contributed by atoms with Crippen molar-refractivity contribution in [2.75, 3.05) is 20.3 Å². The predicted octanol–water partition coefficient (Wildman–Crippen LogP) is 1.96. The molecule has 1 atom stereocenters. The third-order valence-electron chi connectivity index (χ3n) is 3.27. The Labute approximate surface area is 137 Å². The second kappa shape index (κ2) is 8.95. The van der Waals surface area contributed by atoms with Crippen molar-refractivity contribution in [3.63, 3.8) is 0 Å². The summed E-state index contributed by atoms with van der Waals surface area (Å²) in [5.41, 5.74) is 2.19. The molecule has 0 amide bonds. The lowest BCUT2D eigenvalue weighted by Crippen LogP contribution is -2.43. The van der Waals surface area contributed by atoms with Crippen LogP contribution in [0.5, 0.6) is 0 Å². The smallest absolute Gasteiger partial charge is 0.191 e. The van der Waals surface area contributed by atoms with E-state index in [-0.39, 0.29) is 6.04 Å². The Hall–Kier alpha value is -2.34. The highest BCUT2D eigenvalue weighted by Gasteiger charge is 2.04. The molecule has 6 heteroatoms. The quantitative estimate of drug-likeness (QED) is 0.606. The molecule has 0 saturated heterocycles. The van der Waals surface area contributed by atoms with Gasteiger partial charge in [-0.1, -0.05) is 12.1 Å². The van der Waals surface area contributed by atoms with Crippen molar-refractivity contribution in [2.24, 2.45) is 4.99 Å². The number of hydrogen-bond donors (Lipinski definition) is 2. The summed E-state index contributed by atoms with van der Waals surface area (Å²) in [5, 5.41) is 10.8. The monoisotopic (exact) mass is 315 g/mol. The average Bonchev–Trinajstić information content (AvgIpc) is 3.08. The van der Waals surface area contributed by atoms with Crippen LogP contribution >= 0.6 is 0 Å². The van der Waals surface area contributed by atoms with E-state index in [1.165, 1.54) is 0 Å².